The molecule has 0 bridgehead atoms. The summed E-state index contributed by atoms with van der Waals surface area (Å²) in [6, 6.07) is 5.03. The molecule has 1 aromatic rings. The summed E-state index contributed by atoms with van der Waals surface area (Å²) in [6.45, 7) is 0. The van der Waals surface area contributed by atoms with Gasteiger partial charge in [0.25, 0.3) is 0 Å². The van der Waals surface area contributed by atoms with E-state index in [1.54, 1.807) is 25.3 Å². The Balaban J connectivity index is 2.87. The third kappa shape index (κ3) is 3.00. The van der Waals surface area contributed by atoms with E-state index in [0.717, 1.165) is 23.5 Å². The lowest BCUT2D eigenvalue weighted by Crippen LogP contribution is -1.86. The van der Waals surface area contributed by atoms with Crippen LogP contribution in [-0.4, -0.2) is 18.0 Å². The Labute approximate surface area is 89.6 Å². The van der Waals surface area contributed by atoms with Gasteiger partial charge >= 0.3 is 0 Å². The van der Waals surface area contributed by atoms with E-state index in [0.29, 0.717) is 0 Å². The highest BCUT2D eigenvalue weighted by Crippen LogP contribution is 2.24. The third-order valence-corrected chi connectivity index (χ3v) is 2.06. The quantitative estimate of drug-likeness (QED) is 0.748. The maximum absolute atomic E-state index is 9.29. The van der Waals surface area contributed by atoms with Gasteiger partial charge in [0, 0.05) is 5.56 Å². The average molecular weight is 210 g/mol. The number of rotatable bonds is 4. The standard InChI is InChI=1S/C11H14O2S/c1-13-11-6-5-10(12)8-9(11)4-2-3-7-14/h2,4-6,8,12,14H,3,7H2,1H3. The Hall–Kier alpha value is -1.09. The highest BCUT2D eigenvalue weighted by Gasteiger charge is 1.99. The predicted octanol–water partition coefficient (Wildman–Crippen LogP) is 2.73. The molecule has 0 aliphatic heterocycles. The van der Waals surface area contributed by atoms with E-state index in [2.05, 4.69) is 12.6 Å². The normalized spacial score (nSPS) is 10.7. The van der Waals surface area contributed by atoms with Crippen LogP contribution in [0.4, 0.5) is 0 Å². The van der Waals surface area contributed by atoms with Crippen molar-refractivity contribution in [1.29, 1.82) is 0 Å². The van der Waals surface area contributed by atoms with Gasteiger partial charge in [0.05, 0.1) is 7.11 Å². The highest BCUT2D eigenvalue weighted by atomic mass is 32.1. The maximum Gasteiger partial charge on any atom is 0.126 e. The van der Waals surface area contributed by atoms with Gasteiger partial charge in [0.15, 0.2) is 0 Å². The summed E-state index contributed by atoms with van der Waals surface area (Å²) in [7, 11) is 1.61. The van der Waals surface area contributed by atoms with Crippen LogP contribution in [0.2, 0.25) is 0 Å². The second-order valence-electron chi connectivity index (χ2n) is 2.84. The lowest BCUT2D eigenvalue weighted by molar-refractivity contribution is 0.411. The van der Waals surface area contributed by atoms with Gasteiger partial charge < -0.3 is 9.84 Å². The van der Waals surface area contributed by atoms with Crippen molar-refractivity contribution in [2.75, 3.05) is 12.9 Å². The van der Waals surface area contributed by atoms with Gasteiger partial charge in [-0.25, -0.2) is 0 Å². The van der Waals surface area contributed by atoms with E-state index >= 15 is 0 Å². The van der Waals surface area contributed by atoms with Crippen LogP contribution in [0.15, 0.2) is 24.3 Å². The molecule has 1 aromatic carbocycles. The predicted molar refractivity (Wildman–Crippen MR) is 62.2 cm³/mol. The summed E-state index contributed by atoms with van der Waals surface area (Å²) in [6.07, 6.45) is 4.83. The topological polar surface area (TPSA) is 29.5 Å². The minimum Gasteiger partial charge on any atom is -0.508 e. The Kier molecular flexibility index (Phi) is 4.40. The molecule has 14 heavy (non-hydrogen) atoms. The van der Waals surface area contributed by atoms with Gasteiger partial charge in [0.2, 0.25) is 0 Å². The first kappa shape index (κ1) is 11.0. The smallest absolute Gasteiger partial charge is 0.126 e. The molecular formula is C11H14O2S. The summed E-state index contributed by atoms with van der Waals surface area (Å²) in [5, 5.41) is 9.29. The molecule has 0 radical (unpaired) electrons. The van der Waals surface area contributed by atoms with Gasteiger partial charge in [-0.2, -0.15) is 12.6 Å². The molecule has 0 fully saturated rings. The van der Waals surface area contributed by atoms with E-state index in [9.17, 15) is 5.11 Å². The van der Waals surface area contributed by atoms with Crippen molar-refractivity contribution < 1.29 is 9.84 Å². The van der Waals surface area contributed by atoms with Gasteiger partial charge in [-0.1, -0.05) is 12.2 Å². The van der Waals surface area contributed by atoms with E-state index in [1.165, 1.54) is 0 Å². The zero-order valence-corrected chi connectivity index (χ0v) is 9.00. The van der Waals surface area contributed by atoms with Crippen molar-refractivity contribution in [3.63, 3.8) is 0 Å². The highest BCUT2D eigenvalue weighted by molar-refractivity contribution is 7.80. The summed E-state index contributed by atoms with van der Waals surface area (Å²) in [4.78, 5) is 0. The van der Waals surface area contributed by atoms with Crippen LogP contribution >= 0.6 is 12.6 Å². The fourth-order valence-electron chi connectivity index (χ4n) is 1.14. The molecule has 3 heteroatoms. The number of phenols is 1. The van der Waals surface area contributed by atoms with Crippen molar-refractivity contribution in [3.8, 4) is 11.5 Å². The number of methoxy groups -OCH3 is 1. The van der Waals surface area contributed by atoms with Gasteiger partial charge in [-0.05, 0) is 30.4 Å². The largest absolute Gasteiger partial charge is 0.508 e. The molecule has 0 heterocycles. The third-order valence-electron chi connectivity index (χ3n) is 1.81. The molecule has 0 amide bonds. The van der Waals surface area contributed by atoms with Gasteiger partial charge in [-0.3, -0.25) is 0 Å². The zero-order chi connectivity index (χ0) is 10.4. The van der Waals surface area contributed by atoms with Crippen molar-refractivity contribution in [1.82, 2.24) is 0 Å². The second kappa shape index (κ2) is 5.60. The molecule has 0 aliphatic carbocycles. The summed E-state index contributed by atoms with van der Waals surface area (Å²) >= 11 is 4.10. The van der Waals surface area contributed by atoms with E-state index in [1.807, 2.05) is 12.2 Å². The van der Waals surface area contributed by atoms with E-state index < -0.39 is 0 Å². The molecule has 1 rings (SSSR count). The number of aromatic hydroxyl groups is 1. The maximum atomic E-state index is 9.29. The molecule has 2 nitrogen and oxygen atoms in total. The summed E-state index contributed by atoms with van der Waals surface area (Å²) < 4.78 is 5.15. The molecule has 1 N–H and O–H groups in total. The monoisotopic (exact) mass is 210 g/mol. The van der Waals surface area contributed by atoms with Gasteiger partial charge in [0.1, 0.15) is 11.5 Å². The van der Waals surface area contributed by atoms with E-state index in [-0.39, 0.29) is 5.75 Å². The van der Waals surface area contributed by atoms with Crippen LogP contribution in [0.25, 0.3) is 6.08 Å². The summed E-state index contributed by atoms with van der Waals surface area (Å²) in [5.74, 6) is 1.83. The molecule has 0 saturated heterocycles. The lowest BCUT2D eigenvalue weighted by atomic mass is 10.1. The first-order valence-electron chi connectivity index (χ1n) is 4.42. The van der Waals surface area contributed by atoms with Crippen LogP contribution in [-0.2, 0) is 0 Å². The Bertz CT molecular complexity index is 321. The number of hydrogen-bond acceptors (Lipinski definition) is 3. The number of ether oxygens (including phenoxy) is 1. The summed E-state index contributed by atoms with van der Waals surface area (Å²) in [5.41, 5.74) is 0.884. The molecule has 76 valence electrons. The number of thiol groups is 1. The number of hydrogen-bond donors (Lipinski definition) is 2. The minimum atomic E-state index is 0.247. The van der Waals surface area contributed by atoms with Gasteiger partial charge in [-0.15, -0.1) is 0 Å². The van der Waals surface area contributed by atoms with Crippen molar-refractivity contribution in [2.45, 2.75) is 6.42 Å². The van der Waals surface area contributed by atoms with Crippen molar-refractivity contribution in [2.24, 2.45) is 0 Å². The minimum absolute atomic E-state index is 0.247. The molecule has 0 atom stereocenters. The molecule has 0 aromatic heterocycles. The molecule has 0 spiro atoms. The number of allylic oxidation sites excluding steroid dienone is 1. The molecule has 0 unspecified atom stereocenters. The first-order valence-corrected chi connectivity index (χ1v) is 5.05. The number of benzene rings is 1. The molecule has 0 saturated carbocycles. The van der Waals surface area contributed by atoms with Crippen molar-refractivity contribution >= 4 is 18.7 Å². The van der Waals surface area contributed by atoms with Crippen molar-refractivity contribution in [3.05, 3.63) is 29.8 Å². The van der Waals surface area contributed by atoms with Crippen LogP contribution in [0.1, 0.15) is 12.0 Å². The van der Waals surface area contributed by atoms with Crippen LogP contribution < -0.4 is 4.74 Å². The average Bonchev–Trinajstić information content (AvgIpc) is 2.19. The fraction of sp³-hybridized carbons (Fsp3) is 0.273. The zero-order valence-electron chi connectivity index (χ0n) is 8.10. The Morgan fingerprint density at radius 2 is 2.29 bits per heavy atom. The van der Waals surface area contributed by atoms with Crippen LogP contribution in [0.5, 0.6) is 11.5 Å². The molecular weight excluding hydrogens is 196 g/mol. The van der Waals surface area contributed by atoms with E-state index in [4.69, 9.17) is 4.74 Å². The number of phenolic OH excluding ortho intramolecular Hbond substituents is 1. The van der Waals surface area contributed by atoms with Crippen LogP contribution in [0.3, 0.4) is 0 Å². The second-order valence-corrected chi connectivity index (χ2v) is 3.29. The van der Waals surface area contributed by atoms with Crippen LogP contribution in [0, 0.1) is 0 Å². The lowest BCUT2D eigenvalue weighted by Gasteiger charge is -2.04. The Morgan fingerprint density at radius 3 is 2.93 bits per heavy atom. The molecule has 0 aliphatic rings. The fourth-order valence-corrected chi connectivity index (χ4v) is 1.29. The first-order chi connectivity index (χ1) is 6.77. The Morgan fingerprint density at radius 1 is 1.50 bits per heavy atom. The SMILES string of the molecule is COc1ccc(O)cc1C=CCCS.